The molecule has 0 radical (unpaired) electrons. The molecule has 2 nitrogen and oxygen atoms in total. The lowest BCUT2D eigenvalue weighted by Gasteiger charge is -2.22. The van der Waals surface area contributed by atoms with Crippen LogP contribution < -0.4 is 5.32 Å². The molecule has 15 heavy (non-hydrogen) atoms. The van der Waals surface area contributed by atoms with Crippen LogP contribution in [0, 0.1) is 0 Å². The third-order valence-electron chi connectivity index (χ3n) is 3.48. The zero-order chi connectivity index (χ0) is 10.1. The highest BCUT2D eigenvalue weighted by Gasteiger charge is 2.36. The molecule has 2 heteroatoms. The number of hydrogen-bond acceptors (Lipinski definition) is 2. The van der Waals surface area contributed by atoms with E-state index in [0.29, 0.717) is 12.1 Å². The van der Waals surface area contributed by atoms with Crippen LogP contribution in [0.2, 0.25) is 0 Å². The second kappa shape index (κ2) is 3.95. The smallest absolute Gasteiger partial charge is 0.135 e. The molecule has 0 unspecified atom stereocenters. The van der Waals surface area contributed by atoms with E-state index in [1.54, 1.807) is 0 Å². The van der Waals surface area contributed by atoms with Gasteiger partial charge < -0.3 is 4.74 Å². The molecule has 0 bridgehead atoms. The largest absolute Gasteiger partial charge is 0.354 e. The Bertz CT molecular complexity index is 311. The first-order valence-corrected chi connectivity index (χ1v) is 5.90. The summed E-state index contributed by atoms with van der Waals surface area (Å²) < 4.78 is 6.04. The van der Waals surface area contributed by atoms with Crippen molar-refractivity contribution in [2.75, 3.05) is 0 Å². The second-order valence-electron chi connectivity index (χ2n) is 4.52. The van der Waals surface area contributed by atoms with Gasteiger partial charge in [0.05, 0.1) is 6.10 Å². The molecule has 2 fully saturated rings. The van der Waals surface area contributed by atoms with Crippen molar-refractivity contribution in [1.82, 2.24) is 5.32 Å². The number of nitrogens with one attached hydrogen (secondary N) is 1. The van der Waals surface area contributed by atoms with Gasteiger partial charge in [-0.1, -0.05) is 43.2 Å². The predicted molar refractivity (Wildman–Crippen MR) is 59.4 cm³/mol. The van der Waals surface area contributed by atoms with E-state index in [1.165, 1.54) is 31.2 Å². The van der Waals surface area contributed by atoms with E-state index >= 15 is 0 Å². The Kier molecular flexibility index (Phi) is 2.47. The summed E-state index contributed by atoms with van der Waals surface area (Å²) in [5.41, 5.74) is 1.26. The summed E-state index contributed by atoms with van der Waals surface area (Å²) in [6.45, 7) is 0. The highest BCUT2D eigenvalue weighted by molar-refractivity contribution is 5.18. The fraction of sp³-hybridized carbons (Fsp3) is 0.538. The maximum Gasteiger partial charge on any atom is 0.135 e. The molecule has 80 valence electrons. The SMILES string of the molecule is c1ccc([C@H]2N[C@H]3CCCC[C@H]3O2)cc1. The summed E-state index contributed by atoms with van der Waals surface area (Å²) in [6, 6.07) is 11.0. The number of ether oxygens (including phenoxy) is 1. The third-order valence-corrected chi connectivity index (χ3v) is 3.48. The van der Waals surface area contributed by atoms with Crippen molar-refractivity contribution in [3.63, 3.8) is 0 Å². The van der Waals surface area contributed by atoms with Gasteiger partial charge in [0.25, 0.3) is 0 Å². The first-order valence-electron chi connectivity index (χ1n) is 5.90. The van der Waals surface area contributed by atoms with Crippen LogP contribution in [0.5, 0.6) is 0 Å². The zero-order valence-corrected chi connectivity index (χ0v) is 8.86. The van der Waals surface area contributed by atoms with Crippen LogP contribution in [-0.4, -0.2) is 12.1 Å². The zero-order valence-electron chi connectivity index (χ0n) is 8.86. The second-order valence-corrected chi connectivity index (χ2v) is 4.52. The molecule has 1 heterocycles. The van der Waals surface area contributed by atoms with Crippen LogP contribution in [0.3, 0.4) is 0 Å². The molecular weight excluding hydrogens is 186 g/mol. The molecule has 2 aliphatic rings. The van der Waals surface area contributed by atoms with Gasteiger partial charge in [-0.15, -0.1) is 0 Å². The van der Waals surface area contributed by atoms with Gasteiger partial charge in [0, 0.05) is 6.04 Å². The first-order chi connectivity index (χ1) is 7.43. The van der Waals surface area contributed by atoms with Gasteiger partial charge in [-0.3, -0.25) is 5.32 Å². The maximum atomic E-state index is 6.04. The minimum atomic E-state index is 0.124. The van der Waals surface area contributed by atoms with Crippen molar-refractivity contribution in [3.05, 3.63) is 35.9 Å². The molecule has 1 aliphatic carbocycles. The number of benzene rings is 1. The van der Waals surface area contributed by atoms with E-state index in [4.69, 9.17) is 4.74 Å². The van der Waals surface area contributed by atoms with Crippen LogP contribution in [0.25, 0.3) is 0 Å². The summed E-state index contributed by atoms with van der Waals surface area (Å²) in [4.78, 5) is 0. The summed E-state index contributed by atoms with van der Waals surface area (Å²) >= 11 is 0. The van der Waals surface area contributed by atoms with E-state index in [1.807, 2.05) is 6.07 Å². The molecule has 0 spiro atoms. The maximum absolute atomic E-state index is 6.04. The lowest BCUT2D eigenvalue weighted by molar-refractivity contribution is 0.0246. The molecule has 1 aromatic carbocycles. The lowest BCUT2D eigenvalue weighted by atomic mass is 9.93. The van der Waals surface area contributed by atoms with Gasteiger partial charge in [-0.25, -0.2) is 0 Å². The van der Waals surface area contributed by atoms with E-state index in [-0.39, 0.29) is 6.23 Å². The Morgan fingerprint density at radius 1 is 1.07 bits per heavy atom. The standard InChI is InChI=1S/C13H17NO/c1-2-6-10(7-3-1)13-14-11-8-4-5-9-12(11)15-13/h1-3,6-7,11-14H,4-5,8-9H2/t11-,12+,13-/m0/s1. The molecule has 0 aromatic heterocycles. The molecule has 1 aromatic rings. The number of hydrogen-bond donors (Lipinski definition) is 1. The normalized spacial score (nSPS) is 35.1. The van der Waals surface area contributed by atoms with Crippen LogP contribution in [-0.2, 0) is 4.74 Å². The Morgan fingerprint density at radius 2 is 1.87 bits per heavy atom. The molecule has 1 saturated carbocycles. The summed E-state index contributed by atoms with van der Waals surface area (Å²) in [7, 11) is 0. The minimum Gasteiger partial charge on any atom is -0.354 e. The monoisotopic (exact) mass is 203 g/mol. The van der Waals surface area contributed by atoms with Crippen LogP contribution in [0.15, 0.2) is 30.3 Å². The highest BCUT2D eigenvalue weighted by atomic mass is 16.5. The van der Waals surface area contributed by atoms with E-state index in [0.717, 1.165) is 0 Å². The van der Waals surface area contributed by atoms with Crippen molar-refractivity contribution in [1.29, 1.82) is 0 Å². The van der Waals surface area contributed by atoms with E-state index in [2.05, 4.69) is 29.6 Å². The van der Waals surface area contributed by atoms with E-state index < -0.39 is 0 Å². The van der Waals surface area contributed by atoms with Crippen molar-refractivity contribution in [3.8, 4) is 0 Å². The van der Waals surface area contributed by atoms with Crippen molar-refractivity contribution >= 4 is 0 Å². The van der Waals surface area contributed by atoms with Gasteiger partial charge in [0.15, 0.2) is 0 Å². The van der Waals surface area contributed by atoms with Gasteiger partial charge in [0.2, 0.25) is 0 Å². The molecule has 1 aliphatic heterocycles. The average molecular weight is 203 g/mol. The van der Waals surface area contributed by atoms with Gasteiger partial charge in [-0.2, -0.15) is 0 Å². The van der Waals surface area contributed by atoms with Crippen LogP contribution in [0.1, 0.15) is 37.5 Å². The molecule has 3 atom stereocenters. The minimum absolute atomic E-state index is 0.124. The fourth-order valence-electron chi connectivity index (χ4n) is 2.66. The first kappa shape index (κ1) is 9.37. The quantitative estimate of drug-likeness (QED) is 0.757. The van der Waals surface area contributed by atoms with Crippen LogP contribution >= 0.6 is 0 Å². The van der Waals surface area contributed by atoms with Crippen molar-refractivity contribution in [2.24, 2.45) is 0 Å². The molecule has 0 amide bonds. The summed E-state index contributed by atoms with van der Waals surface area (Å²) in [5, 5.41) is 3.59. The fourth-order valence-corrected chi connectivity index (χ4v) is 2.66. The molecule has 3 rings (SSSR count). The lowest BCUT2D eigenvalue weighted by Crippen LogP contribution is -2.33. The van der Waals surface area contributed by atoms with Gasteiger partial charge >= 0.3 is 0 Å². The Morgan fingerprint density at radius 3 is 2.67 bits per heavy atom. The topological polar surface area (TPSA) is 21.3 Å². The molecule has 1 N–H and O–H groups in total. The van der Waals surface area contributed by atoms with Crippen molar-refractivity contribution in [2.45, 2.75) is 44.1 Å². The van der Waals surface area contributed by atoms with Gasteiger partial charge in [-0.05, 0) is 18.4 Å². The van der Waals surface area contributed by atoms with Crippen LogP contribution in [0.4, 0.5) is 0 Å². The summed E-state index contributed by atoms with van der Waals surface area (Å²) in [6.07, 6.45) is 5.74. The van der Waals surface area contributed by atoms with Crippen molar-refractivity contribution < 1.29 is 4.74 Å². The number of rotatable bonds is 1. The Labute approximate surface area is 90.6 Å². The summed E-state index contributed by atoms with van der Waals surface area (Å²) in [5.74, 6) is 0. The Hall–Kier alpha value is -0.860. The predicted octanol–water partition coefficient (Wildman–Crippen LogP) is 2.62. The highest BCUT2D eigenvalue weighted by Crippen LogP contribution is 2.32. The molecule has 1 saturated heterocycles. The Balaban J connectivity index is 1.75. The average Bonchev–Trinajstić information content (AvgIpc) is 2.74. The number of fused-ring (bicyclic) bond motifs is 1. The van der Waals surface area contributed by atoms with E-state index in [9.17, 15) is 0 Å². The van der Waals surface area contributed by atoms with Gasteiger partial charge in [0.1, 0.15) is 6.23 Å². The molecular formula is C13H17NO. The third kappa shape index (κ3) is 1.80.